The Bertz CT molecular complexity index is 299. The molecule has 1 aromatic rings. The van der Waals surface area contributed by atoms with Gasteiger partial charge >= 0.3 is 0 Å². The highest BCUT2D eigenvalue weighted by molar-refractivity contribution is 5.42. The fourth-order valence-corrected chi connectivity index (χ4v) is 0.826. The number of aromatic hydroxyl groups is 1. The summed E-state index contributed by atoms with van der Waals surface area (Å²) in [4.78, 5) is 0. The highest BCUT2D eigenvalue weighted by Crippen LogP contribution is 2.17. The quantitative estimate of drug-likeness (QED) is 0.578. The number of hydrogen-bond donors (Lipinski definition) is 2. The van der Waals surface area contributed by atoms with Crippen LogP contribution in [0.25, 0.3) is 0 Å². The average molecular weight is 147 g/mol. The summed E-state index contributed by atoms with van der Waals surface area (Å²) in [5, 5.41) is 9.25. The lowest BCUT2D eigenvalue weighted by Crippen LogP contribution is -1.96. The van der Waals surface area contributed by atoms with Crippen LogP contribution in [-0.4, -0.2) is 5.11 Å². The zero-order valence-electron chi connectivity index (χ0n) is 6.04. The van der Waals surface area contributed by atoms with Gasteiger partial charge in [0.25, 0.3) is 0 Å². The molecule has 2 nitrogen and oxygen atoms in total. The second kappa shape index (κ2) is 3.09. The monoisotopic (exact) mass is 147 g/mol. The molecule has 11 heavy (non-hydrogen) atoms. The molecule has 0 saturated carbocycles. The van der Waals surface area contributed by atoms with E-state index in [0.717, 1.165) is 0 Å². The van der Waals surface area contributed by atoms with Gasteiger partial charge in [0.2, 0.25) is 0 Å². The Hall–Kier alpha value is -1.46. The SMILES string of the molecule is C#Cc1ccc(CN)c(O)c1. The average Bonchev–Trinajstić information content (AvgIpc) is 2.04. The zero-order chi connectivity index (χ0) is 8.27. The van der Waals surface area contributed by atoms with Crippen LogP contribution in [0.4, 0.5) is 0 Å². The molecule has 0 unspecified atom stereocenters. The van der Waals surface area contributed by atoms with E-state index < -0.39 is 0 Å². The molecule has 0 fully saturated rings. The van der Waals surface area contributed by atoms with E-state index in [4.69, 9.17) is 12.2 Å². The Morgan fingerprint density at radius 2 is 2.27 bits per heavy atom. The van der Waals surface area contributed by atoms with Gasteiger partial charge in [0.15, 0.2) is 0 Å². The maximum Gasteiger partial charge on any atom is 0.121 e. The van der Waals surface area contributed by atoms with Crippen LogP contribution in [0.5, 0.6) is 5.75 Å². The molecule has 0 aromatic heterocycles. The predicted octanol–water partition coefficient (Wildman–Crippen LogP) is 0.832. The number of terminal acetylenes is 1. The van der Waals surface area contributed by atoms with Crippen molar-refractivity contribution in [2.24, 2.45) is 5.73 Å². The van der Waals surface area contributed by atoms with E-state index in [-0.39, 0.29) is 5.75 Å². The Balaban J connectivity index is 3.12. The minimum absolute atomic E-state index is 0.169. The van der Waals surface area contributed by atoms with Crippen LogP contribution in [0.2, 0.25) is 0 Å². The van der Waals surface area contributed by atoms with Gasteiger partial charge in [-0.1, -0.05) is 12.0 Å². The number of phenols is 1. The van der Waals surface area contributed by atoms with E-state index >= 15 is 0 Å². The van der Waals surface area contributed by atoms with Crippen molar-refractivity contribution in [3.8, 4) is 18.1 Å². The van der Waals surface area contributed by atoms with Crippen molar-refractivity contribution in [1.82, 2.24) is 0 Å². The molecule has 56 valence electrons. The van der Waals surface area contributed by atoms with Crippen molar-refractivity contribution in [2.45, 2.75) is 6.54 Å². The molecule has 0 atom stereocenters. The van der Waals surface area contributed by atoms with Crippen LogP contribution in [-0.2, 0) is 6.54 Å². The standard InChI is InChI=1S/C9H9NO/c1-2-7-3-4-8(6-10)9(11)5-7/h1,3-5,11H,6,10H2. The van der Waals surface area contributed by atoms with E-state index in [0.29, 0.717) is 17.7 Å². The van der Waals surface area contributed by atoms with Gasteiger partial charge < -0.3 is 10.8 Å². The summed E-state index contributed by atoms with van der Waals surface area (Å²) in [6.45, 7) is 0.330. The topological polar surface area (TPSA) is 46.2 Å². The molecule has 0 heterocycles. The third kappa shape index (κ3) is 1.51. The zero-order valence-corrected chi connectivity index (χ0v) is 6.04. The second-order valence-corrected chi connectivity index (χ2v) is 2.19. The molecule has 0 bridgehead atoms. The Labute approximate surface area is 65.7 Å². The summed E-state index contributed by atoms with van der Waals surface area (Å²) in [5.41, 5.74) is 6.71. The van der Waals surface area contributed by atoms with Gasteiger partial charge in [-0.15, -0.1) is 6.42 Å². The van der Waals surface area contributed by atoms with Crippen molar-refractivity contribution in [3.63, 3.8) is 0 Å². The van der Waals surface area contributed by atoms with E-state index in [1.165, 1.54) is 6.07 Å². The van der Waals surface area contributed by atoms with Gasteiger partial charge in [-0.2, -0.15) is 0 Å². The van der Waals surface area contributed by atoms with Gasteiger partial charge in [-0.3, -0.25) is 0 Å². The van der Waals surface area contributed by atoms with Crippen molar-refractivity contribution in [3.05, 3.63) is 29.3 Å². The molecule has 0 aliphatic rings. The lowest BCUT2D eigenvalue weighted by molar-refractivity contribution is 0.468. The van der Waals surface area contributed by atoms with Gasteiger partial charge in [0.05, 0.1) is 0 Å². The summed E-state index contributed by atoms with van der Waals surface area (Å²) in [6.07, 6.45) is 5.12. The third-order valence-corrected chi connectivity index (χ3v) is 1.47. The molecule has 3 N–H and O–H groups in total. The predicted molar refractivity (Wildman–Crippen MR) is 43.9 cm³/mol. The normalized spacial score (nSPS) is 9.09. The molecule has 1 aromatic carbocycles. The number of rotatable bonds is 1. The largest absolute Gasteiger partial charge is 0.508 e. The Morgan fingerprint density at radius 3 is 2.73 bits per heavy atom. The molecular formula is C9H9NO. The fraction of sp³-hybridized carbons (Fsp3) is 0.111. The van der Waals surface area contributed by atoms with E-state index in [1.807, 2.05) is 0 Å². The van der Waals surface area contributed by atoms with Crippen LogP contribution in [0.15, 0.2) is 18.2 Å². The fourth-order valence-electron chi connectivity index (χ4n) is 0.826. The smallest absolute Gasteiger partial charge is 0.121 e. The number of nitrogens with two attached hydrogens (primary N) is 1. The number of hydrogen-bond acceptors (Lipinski definition) is 2. The van der Waals surface area contributed by atoms with Crippen LogP contribution >= 0.6 is 0 Å². The molecule has 0 aliphatic carbocycles. The molecular weight excluding hydrogens is 138 g/mol. The summed E-state index contributed by atoms with van der Waals surface area (Å²) < 4.78 is 0. The Kier molecular flexibility index (Phi) is 2.15. The van der Waals surface area contributed by atoms with Crippen LogP contribution < -0.4 is 5.73 Å². The molecule has 0 aliphatic heterocycles. The summed E-state index contributed by atoms with van der Waals surface area (Å²) in [7, 11) is 0. The van der Waals surface area contributed by atoms with Crippen molar-refractivity contribution in [2.75, 3.05) is 0 Å². The van der Waals surface area contributed by atoms with Crippen molar-refractivity contribution >= 4 is 0 Å². The third-order valence-electron chi connectivity index (χ3n) is 1.47. The number of benzene rings is 1. The highest BCUT2D eigenvalue weighted by atomic mass is 16.3. The first-order valence-electron chi connectivity index (χ1n) is 3.26. The van der Waals surface area contributed by atoms with Crippen LogP contribution in [0, 0.1) is 12.3 Å². The second-order valence-electron chi connectivity index (χ2n) is 2.19. The van der Waals surface area contributed by atoms with E-state index in [9.17, 15) is 5.11 Å². The Morgan fingerprint density at radius 1 is 1.55 bits per heavy atom. The van der Waals surface area contributed by atoms with Crippen molar-refractivity contribution in [1.29, 1.82) is 0 Å². The molecule has 1 rings (SSSR count). The first-order chi connectivity index (χ1) is 5.27. The summed E-state index contributed by atoms with van der Waals surface area (Å²) >= 11 is 0. The molecule has 0 amide bonds. The molecule has 0 saturated heterocycles. The molecule has 2 heteroatoms. The van der Waals surface area contributed by atoms with Gasteiger partial charge in [-0.25, -0.2) is 0 Å². The van der Waals surface area contributed by atoms with Gasteiger partial charge in [0.1, 0.15) is 5.75 Å². The maximum absolute atomic E-state index is 9.25. The minimum Gasteiger partial charge on any atom is -0.508 e. The van der Waals surface area contributed by atoms with Gasteiger partial charge in [0, 0.05) is 17.7 Å². The lowest BCUT2D eigenvalue weighted by atomic mass is 10.1. The summed E-state index contributed by atoms with van der Waals surface area (Å²) in [5.74, 6) is 2.59. The molecule has 0 radical (unpaired) electrons. The first-order valence-corrected chi connectivity index (χ1v) is 3.26. The van der Waals surface area contributed by atoms with Gasteiger partial charge in [-0.05, 0) is 12.1 Å². The maximum atomic E-state index is 9.25. The van der Waals surface area contributed by atoms with Crippen LogP contribution in [0.1, 0.15) is 11.1 Å². The first kappa shape index (κ1) is 7.64. The summed E-state index contributed by atoms with van der Waals surface area (Å²) in [6, 6.07) is 5.01. The highest BCUT2D eigenvalue weighted by Gasteiger charge is 1.97. The lowest BCUT2D eigenvalue weighted by Gasteiger charge is -2.00. The minimum atomic E-state index is 0.169. The number of phenolic OH excluding ortho intramolecular Hbond substituents is 1. The van der Waals surface area contributed by atoms with E-state index in [1.54, 1.807) is 12.1 Å². The van der Waals surface area contributed by atoms with E-state index in [2.05, 4.69) is 5.92 Å². The van der Waals surface area contributed by atoms with Crippen LogP contribution in [0.3, 0.4) is 0 Å². The molecule has 0 spiro atoms. The van der Waals surface area contributed by atoms with Crippen molar-refractivity contribution < 1.29 is 5.11 Å².